The number of amidine groups is 1. The van der Waals surface area contributed by atoms with Crippen LogP contribution in [0.2, 0.25) is 0 Å². The molecule has 11 heavy (non-hydrogen) atoms. The second-order valence-electron chi connectivity index (χ2n) is 1.98. The Bertz CT molecular complexity index is 154. The van der Waals surface area contributed by atoms with E-state index in [1.54, 1.807) is 0 Å². The fraction of sp³-hybridized carbons (Fsp3) is 0.800. The Balaban J connectivity index is 3.98. The Labute approximate surface area is 61.7 Å². The lowest BCUT2D eigenvalue weighted by atomic mass is 10.2. The zero-order chi connectivity index (χ0) is 9.07. The van der Waals surface area contributed by atoms with Crippen molar-refractivity contribution in [3.05, 3.63) is 0 Å². The van der Waals surface area contributed by atoms with Gasteiger partial charge in [-0.1, -0.05) is 0 Å². The molecule has 0 aromatic rings. The highest BCUT2D eigenvalue weighted by atomic mass is 19.4. The molecule has 0 aliphatic heterocycles. The van der Waals surface area contributed by atoms with Crippen LogP contribution < -0.4 is 5.73 Å². The highest BCUT2D eigenvalue weighted by Gasteiger charge is 2.32. The lowest BCUT2D eigenvalue weighted by Gasteiger charge is -2.11. The molecule has 0 fully saturated rings. The van der Waals surface area contributed by atoms with E-state index in [9.17, 15) is 13.2 Å². The van der Waals surface area contributed by atoms with Gasteiger partial charge in [-0.15, -0.1) is 0 Å². The zero-order valence-corrected chi connectivity index (χ0v) is 5.89. The van der Waals surface area contributed by atoms with E-state index < -0.39 is 24.5 Å². The largest absolute Gasteiger partial charge is 0.392 e. The molecule has 66 valence electrons. The number of alkyl halides is 3. The van der Waals surface area contributed by atoms with E-state index in [0.29, 0.717) is 0 Å². The maximum Gasteiger partial charge on any atom is 0.392 e. The molecule has 0 saturated carbocycles. The molecule has 0 heterocycles. The first kappa shape index (κ1) is 10.2. The number of rotatable bonds is 2. The minimum atomic E-state index is -4.41. The highest BCUT2D eigenvalue weighted by molar-refractivity contribution is 5.84. The molecule has 0 saturated heterocycles. The molecule has 1 unspecified atom stereocenters. The van der Waals surface area contributed by atoms with Crippen LogP contribution in [0.5, 0.6) is 0 Å². The van der Waals surface area contributed by atoms with Crippen LogP contribution in [-0.4, -0.2) is 30.3 Å². The summed E-state index contributed by atoms with van der Waals surface area (Å²) >= 11 is 0. The van der Waals surface area contributed by atoms with Crippen LogP contribution in [0.4, 0.5) is 13.2 Å². The van der Waals surface area contributed by atoms with Crippen molar-refractivity contribution in [2.24, 2.45) is 10.7 Å². The van der Waals surface area contributed by atoms with Crippen LogP contribution in [0.15, 0.2) is 4.99 Å². The van der Waals surface area contributed by atoms with Crippen LogP contribution in [0.25, 0.3) is 0 Å². The van der Waals surface area contributed by atoms with Crippen LogP contribution in [0.3, 0.4) is 0 Å². The number of halogens is 3. The Morgan fingerprint density at radius 3 is 2.36 bits per heavy atom. The van der Waals surface area contributed by atoms with Crippen molar-refractivity contribution < 1.29 is 18.3 Å². The summed E-state index contributed by atoms with van der Waals surface area (Å²) in [5.74, 6) is -0.401. The molecule has 0 bridgehead atoms. The van der Waals surface area contributed by atoms with Gasteiger partial charge in [0.25, 0.3) is 0 Å². The maximum atomic E-state index is 11.5. The van der Waals surface area contributed by atoms with Crippen LogP contribution in [0.1, 0.15) is 6.42 Å². The van der Waals surface area contributed by atoms with Crippen molar-refractivity contribution in [1.82, 2.24) is 0 Å². The van der Waals surface area contributed by atoms with Crippen molar-refractivity contribution in [1.29, 1.82) is 0 Å². The molecule has 0 aliphatic carbocycles. The lowest BCUT2D eigenvalue weighted by Crippen LogP contribution is -2.33. The van der Waals surface area contributed by atoms with Crippen molar-refractivity contribution in [3.63, 3.8) is 0 Å². The molecule has 3 N–H and O–H groups in total. The van der Waals surface area contributed by atoms with Crippen LogP contribution in [-0.2, 0) is 0 Å². The monoisotopic (exact) mass is 170 g/mol. The summed E-state index contributed by atoms with van der Waals surface area (Å²) in [6.07, 6.45) is -7.48. The van der Waals surface area contributed by atoms with Gasteiger partial charge in [0.2, 0.25) is 0 Å². The van der Waals surface area contributed by atoms with Gasteiger partial charge in [-0.2, -0.15) is 13.2 Å². The quantitative estimate of drug-likeness (QED) is 0.462. The third kappa shape index (κ3) is 4.60. The van der Waals surface area contributed by atoms with Gasteiger partial charge in [0.1, 0.15) is 11.9 Å². The Kier molecular flexibility index (Phi) is 3.31. The predicted octanol–water partition coefficient (Wildman–Crippen LogP) is 0.287. The van der Waals surface area contributed by atoms with Gasteiger partial charge in [-0.3, -0.25) is 4.99 Å². The summed E-state index contributed by atoms with van der Waals surface area (Å²) in [6.45, 7) is 0. The van der Waals surface area contributed by atoms with Gasteiger partial charge >= 0.3 is 6.18 Å². The number of aliphatic imine (C=N–C) groups is 1. The van der Waals surface area contributed by atoms with E-state index >= 15 is 0 Å². The molecule has 1 atom stereocenters. The normalized spacial score (nSPS) is 16.6. The first-order chi connectivity index (χ1) is 4.87. The Morgan fingerprint density at radius 1 is 1.64 bits per heavy atom. The Morgan fingerprint density at radius 2 is 2.09 bits per heavy atom. The summed E-state index contributed by atoms with van der Waals surface area (Å²) in [4.78, 5) is 3.22. The van der Waals surface area contributed by atoms with Gasteiger partial charge in [-0.25, -0.2) is 0 Å². The van der Waals surface area contributed by atoms with Gasteiger partial charge in [0, 0.05) is 7.05 Å². The molecule has 0 rings (SSSR count). The first-order valence-corrected chi connectivity index (χ1v) is 2.84. The number of aliphatic hydroxyl groups is 1. The van der Waals surface area contributed by atoms with E-state index in [1.165, 1.54) is 7.05 Å². The van der Waals surface area contributed by atoms with Gasteiger partial charge in [0.15, 0.2) is 0 Å². The Hall–Kier alpha value is -0.780. The summed E-state index contributed by atoms with van der Waals surface area (Å²) in [5, 5.41) is 8.68. The van der Waals surface area contributed by atoms with Crippen molar-refractivity contribution >= 4 is 5.84 Å². The molecular formula is C5H9F3N2O. The zero-order valence-electron chi connectivity index (χ0n) is 5.89. The predicted molar refractivity (Wildman–Crippen MR) is 34.2 cm³/mol. The molecule has 6 heteroatoms. The average molecular weight is 170 g/mol. The van der Waals surface area contributed by atoms with Crippen molar-refractivity contribution in [2.75, 3.05) is 7.05 Å². The van der Waals surface area contributed by atoms with Crippen LogP contribution in [0, 0.1) is 0 Å². The number of nitrogens with zero attached hydrogens (tertiary/aromatic N) is 1. The van der Waals surface area contributed by atoms with E-state index in [1.807, 2.05) is 0 Å². The molecule has 0 aromatic heterocycles. The third-order valence-electron chi connectivity index (χ3n) is 1.02. The van der Waals surface area contributed by atoms with Gasteiger partial charge < -0.3 is 10.8 Å². The number of hydrogen-bond acceptors (Lipinski definition) is 2. The van der Waals surface area contributed by atoms with Gasteiger partial charge in [-0.05, 0) is 0 Å². The maximum absolute atomic E-state index is 11.5. The highest BCUT2D eigenvalue weighted by Crippen LogP contribution is 2.21. The van der Waals surface area contributed by atoms with E-state index in [2.05, 4.69) is 4.99 Å². The van der Waals surface area contributed by atoms with E-state index in [-0.39, 0.29) is 0 Å². The summed E-state index contributed by atoms with van der Waals surface area (Å²) in [5.41, 5.74) is 4.92. The summed E-state index contributed by atoms with van der Waals surface area (Å²) in [7, 11) is 1.22. The fourth-order valence-corrected chi connectivity index (χ4v) is 0.473. The summed E-state index contributed by atoms with van der Waals surface area (Å²) in [6, 6.07) is 0. The van der Waals surface area contributed by atoms with E-state index in [4.69, 9.17) is 10.8 Å². The minimum Gasteiger partial charge on any atom is -0.385 e. The molecule has 0 radical (unpaired) electrons. The van der Waals surface area contributed by atoms with Gasteiger partial charge in [0.05, 0.1) is 6.42 Å². The first-order valence-electron chi connectivity index (χ1n) is 2.84. The molecule has 0 aliphatic rings. The SMILES string of the molecule is CN=C(N)C(O)CC(F)(F)F. The minimum absolute atomic E-state index is 0.401. The number of nitrogens with two attached hydrogens (primary N) is 1. The fourth-order valence-electron chi connectivity index (χ4n) is 0.473. The van der Waals surface area contributed by atoms with Crippen LogP contribution >= 0.6 is 0 Å². The lowest BCUT2D eigenvalue weighted by molar-refractivity contribution is -0.146. The topological polar surface area (TPSA) is 58.6 Å². The number of hydrogen-bond donors (Lipinski definition) is 2. The number of aliphatic hydroxyl groups excluding tert-OH is 1. The van der Waals surface area contributed by atoms with Crippen molar-refractivity contribution in [3.8, 4) is 0 Å². The second kappa shape index (κ2) is 3.56. The van der Waals surface area contributed by atoms with E-state index in [0.717, 1.165) is 0 Å². The second-order valence-corrected chi connectivity index (χ2v) is 1.98. The summed E-state index contributed by atoms with van der Waals surface area (Å²) < 4.78 is 34.6. The molecule has 0 spiro atoms. The molecule has 3 nitrogen and oxygen atoms in total. The third-order valence-corrected chi connectivity index (χ3v) is 1.02. The molecule has 0 amide bonds. The molecular weight excluding hydrogens is 161 g/mol. The molecule has 0 aromatic carbocycles. The standard InChI is InChI=1S/C5H9F3N2O/c1-10-4(9)3(11)2-5(6,7)8/h3,11H,2H2,1H3,(H2,9,10). The van der Waals surface area contributed by atoms with Crippen molar-refractivity contribution in [2.45, 2.75) is 18.7 Å². The average Bonchev–Trinajstić information content (AvgIpc) is 1.82. The smallest absolute Gasteiger partial charge is 0.385 e.